The number of nitrogens with zero attached hydrogens (tertiary/aromatic N) is 3. The summed E-state index contributed by atoms with van der Waals surface area (Å²) in [4.78, 5) is 21.7. The maximum absolute atomic E-state index is 12.4. The number of aromatic nitrogens is 3. The van der Waals surface area contributed by atoms with Gasteiger partial charge < -0.3 is 25.1 Å². The molecule has 8 heteroatoms. The fourth-order valence-electron chi connectivity index (χ4n) is 6.48. The monoisotopic (exact) mass is 521 g/mol. The third kappa shape index (κ3) is 5.05. The number of carbonyl (C=O) groups excluding carboxylic acids is 1. The molecule has 38 heavy (non-hydrogen) atoms. The predicted octanol–water partition coefficient (Wildman–Crippen LogP) is 6.25. The quantitative estimate of drug-likeness (QED) is 0.240. The van der Waals surface area contributed by atoms with E-state index < -0.39 is 5.54 Å². The summed E-state index contributed by atoms with van der Waals surface area (Å²) in [5.41, 5.74) is 9.02. The Kier molecular flexibility index (Phi) is 8.48. The zero-order chi connectivity index (χ0) is 27.4. The number of nitrogens with one attached hydrogen (secondary N) is 1. The Labute approximate surface area is 226 Å². The van der Waals surface area contributed by atoms with E-state index in [0.29, 0.717) is 29.1 Å². The molecular formula is C30H43N5O3. The molecule has 1 saturated carbocycles. The van der Waals surface area contributed by atoms with Crippen LogP contribution in [-0.2, 0) is 10.3 Å². The van der Waals surface area contributed by atoms with Crippen molar-refractivity contribution in [1.82, 2.24) is 14.5 Å². The topological polar surface area (TPSA) is 104 Å². The van der Waals surface area contributed by atoms with E-state index in [1.165, 1.54) is 7.11 Å². The van der Waals surface area contributed by atoms with Gasteiger partial charge in [0.15, 0.2) is 5.82 Å². The summed E-state index contributed by atoms with van der Waals surface area (Å²) in [7, 11) is 3.07. The highest BCUT2D eigenvalue weighted by molar-refractivity contribution is 5.90. The van der Waals surface area contributed by atoms with E-state index in [4.69, 9.17) is 15.2 Å². The predicted molar refractivity (Wildman–Crippen MR) is 153 cm³/mol. The normalized spacial score (nSPS) is 21.6. The van der Waals surface area contributed by atoms with Crippen LogP contribution in [0, 0.1) is 17.8 Å². The zero-order valence-corrected chi connectivity index (χ0v) is 23.7. The number of rotatable bonds is 10. The van der Waals surface area contributed by atoms with Crippen molar-refractivity contribution in [2.24, 2.45) is 17.8 Å². The van der Waals surface area contributed by atoms with Crippen LogP contribution < -0.4 is 15.8 Å². The average molecular weight is 522 g/mol. The maximum Gasteiger partial charge on any atom is 0.337 e. The van der Waals surface area contributed by atoms with Gasteiger partial charge in [0.1, 0.15) is 11.3 Å². The first-order chi connectivity index (χ1) is 18.3. The minimum atomic E-state index is -0.438. The number of esters is 1. The van der Waals surface area contributed by atoms with Gasteiger partial charge in [0.2, 0.25) is 5.95 Å². The molecule has 1 fully saturated rings. The number of nitrogens with two attached hydrogens (primary N) is 1. The third-order valence-corrected chi connectivity index (χ3v) is 8.19. The van der Waals surface area contributed by atoms with Crippen molar-refractivity contribution >= 4 is 28.8 Å². The van der Waals surface area contributed by atoms with Crippen LogP contribution >= 0.6 is 0 Å². The van der Waals surface area contributed by atoms with Crippen LogP contribution in [0.2, 0.25) is 0 Å². The van der Waals surface area contributed by atoms with E-state index in [1.807, 2.05) is 18.2 Å². The molecule has 206 valence electrons. The Hall–Kier alpha value is -3.29. The van der Waals surface area contributed by atoms with Gasteiger partial charge in [-0.15, -0.1) is 0 Å². The smallest absolute Gasteiger partial charge is 0.337 e. The molecule has 0 bridgehead atoms. The molecule has 3 atom stereocenters. The fourth-order valence-corrected chi connectivity index (χ4v) is 6.48. The van der Waals surface area contributed by atoms with Gasteiger partial charge in [-0.05, 0) is 55.2 Å². The minimum Gasteiger partial charge on any atom is -0.496 e. The first kappa shape index (κ1) is 27.7. The number of hydrogen-bond acceptors (Lipinski definition) is 7. The summed E-state index contributed by atoms with van der Waals surface area (Å²) in [6.07, 6.45) is 8.66. The van der Waals surface area contributed by atoms with E-state index in [0.717, 1.165) is 67.5 Å². The molecule has 3 unspecified atom stereocenters. The lowest BCUT2D eigenvalue weighted by molar-refractivity contribution is 0.0598. The molecule has 0 spiro atoms. The molecule has 2 aromatic heterocycles. The number of hydrogen-bond donors (Lipinski definition) is 2. The average Bonchev–Trinajstić information content (AvgIpc) is 3.34. The van der Waals surface area contributed by atoms with Crippen molar-refractivity contribution < 1.29 is 14.3 Å². The highest BCUT2D eigenvalue weighted by atomic mass is 16.5. The van der Waals surface area contributed by atoms with Gasteiger partial charge >= 0.3 is 5.97 Å². The number of fused-ring (bicyclic) bond motifs is 1. The highest BCUT2D eigenvalue weighted by Gasteiger charge is 2.49. The zero-order valence-electron chi connectivity index (χ0n) is 23.7. The summed E-state index contributed by atoms with van der Waals surface area (Å²) in [6, 6.07) is 7.75. The second-order valence-corrected chi connectivity index (χ2v) is 11.1. The number of benzene rings is 1. The van der Waals surface area contributed by atoms with E-state index in [2.05, 4.69) is 59.8 Å². The molecule has 0 aliphatic heterocycles. The molecule has 3 N–H and O–H groups in total. The number of nitrogen functional groups attached to an aromatic ring is 1. The van der Waals surface area contributed by atoms with Crippen molar-refractivity contribution in [3.8, 4) is 5.75 Å². The Bertz CT molecular complexity index is 1270. The second-order valence-electron chi connectivity index (χ2n) is 11.1. The Morgan fingerprint density at radius 2 is 2.00 bits per heavy atom. The van der Waals surface area contributed by atoms with Gasteiger partial charge in [-0.3, -0.25) is 0 Å². The first-order valence-electron chi connectivity index (χ1n) is 13.9. The van der Waals surface area contributed by atoms with Crippen molar-refractivity contribution in [3.63, 3.8) is 0 Å². The fraction of sp³-hybridized carbons (Fsp3) is 0.567. The lowest BCUT2D eigenvalue weighted by Crippen LogP contribution is -2.48. The van der Waals surface area contributed by atoms with Gasteiger partial charge in [-0.2, -0.15) is 4.98 Å². The molecule has 1 aliphatic carbocycles. The van der Waals surface area contributed by atoms with Crippen molar-refractivity contribution in [2.75, 3.05) is 31.8 Å². The number of anilines is 2. The maximum atomic E-state index is 12.4. The molecule has 3 aromatic rings. The van der Waals surface area contributed by atoms with Crippen LogP contribution in [0.1, 0.15) is 82.1 Å². The summed E-state index contributed by atoms with van der Waals surface area (Å²) in [5, 5.41) is 3.57. The molecule has 1 aliphatic rings. The van der Waals surface area contributed by atoms with Crippen LogP contribution in [0.25, 0.3) is 11.0 Å². The number of carbonyl (C=O) groups is 1. The number of methoxy groups -OCH3 is 2. The van der Waals surface area contributed by atoms with E-state index in [-0.39, 0.29) is 11.9 Å². The third-order valence-electron chi connectivity index (χ3n) is 8.19. The van der Waals surface area contributed by atoms with Gasteiger partial charge in [0.05, 0.1) is 30.8 Å². The number of ether oxygens (including phenoxy) is 2. The number of unbranched alkanes of at least 4 members (excludes halogenated alkanes) is 2. The van der Waals surface area contributed by atoms with Gasteiger partial charge in [-0.1, -0.05) is 53.0 Å². The minimum absolute atomic E-state index is 0.264. The van der Waals surface area contributed by atoms with Crippen LogP contribution in [-0.4, -0.2) is 41.3 Å². The molecule has 1 aromatic carbocycles. The molecular weight excluding hydrogens is 478 g/mol. The van der Waals surface area contributed by atoms with E-state index in [9.17, 15) is 4.79 Å². The van der Waals surface area contributed by atoms with Gasteiger partial charge in [0, 0.05) is 18.3 Å². The largest absolute Gasteiger partial charge is 0.496 e. The van der Waals surface area contributed by atoms with E-state index >= 15 is 0 Å². The Balaban J connectivity index is 2.00. The van der Waals surface area contributed by atoms with Crippen LogP contribution in [0.5, 0.6) is 5.75 Å². The first-order valence-corrected chi connectivity index (χ1v) is 13.9. The van der Waals surface area contributed by atoms with Crippen molar-refractivity contribution in [3.05, 3.63) is 41.6 Å². The van der Waals surface area contributed by atoms with Crippen LogP contribution in [0.3, 0.4) is 0 Å². The van der Waals surface area contributed by atoms with Crippen LogP contribution in [0.15, 0.2) is 30.5 Å². The summed E-state index contributed by atoms with van der Waals surface area (Å²) < 4.78 is 13.4. The lowest BCUT2D eigenvalue weighted by Gasteiger charge is -2.50. The Morgan fingerprint density at radius 1 is 1.21 bits per heavy atom. The summed E-state index contributed by atoms with van der Waals surface area (Å²) in [5.74, 6) is 2.54. The molecule has 0 saturated heterocycles. The Morgan fingerprint density at radius 3 is 2.68 bits per heavy atom. The molecule has 4 rings (SSSR count). The highest BCUT2D eigenvalue weighted by Crippen LogP contribution is 2.53. The van der Waals surface area contributed by atoms with Crippen molar-refractivity contribution in [1.29, 1.82) is 0 Å². The summed E-state index contributed by atoms with van der Waals surface area (Å²) in [6.45, 7) is 9.94. The van der Waals surface area contributed by atoms with Crippen LogP contribution in [0.4, 0.5) is 11.8 Å². The van der Waals surface area contributed by atoms with Crippen molar-refractivity contribution in [2.45, 2.75) is 71.8 Å². The van der Waals surface area contributed by atoms with E-state index in [1.54, 1.807) is 7.11 Å². The SMILES string of the molecule is CCCCCNc1nc(N)nc2ccn(C3(c4ccc(C(=O)OC)cc4OC)CC(C)CCC3C(C)C)c12. The molecule has 0 amide bonds. The molecule has 0 radical (unpaired) electrons. The molecule has 8 nitrogen and oxygen atoms in total. The van der Waals surface area contributed by atoms with Gasteiger partial charge in [-0.25, -0.2) is 9.78 Å². The lowest BCUT2D eigenvalue weighted by atomic mass is 9.61. The standard InChI is InChI=1S/C30H43N5O3/c1-7-8-9-15-32-27-26-24(33-29(31)34-27)14-16-35(26)30(18-20(4)10-12-22(30)19(2)3)23-13-11-21(28(36)38-6)17-25(23)37-5/h11,13-14,16-17,19-20,22H,7-10,12,15,18H2,1-6H3,(H3,31,32,33,34). The summed E-state index contributed by atoms with van der Waals surface area (Å²) >= 11 is 0. The van der Waals surface area contributed by atoms with Gasteiger partial charge in [0.25, 0.3) is 0 Å². The second kappa shape index (κ2) is 11.6. The molecule has 2 heterocycles.